The first-order chi connectivity index (χ1) is 14.9. The van der Waals surface area contributed by atoms with Gasteiger partial charge in [-0.3, -0.25) is 9.59 Å². The lowest BCUT2D eigenvalue weighted by Gasteiger charge is -2.34. The van der Waals surface area contributed by atoms with E-state index in [0.29, 0.717) is 43.5 Å². The largest absolute Gasteiger partial charge is 0.503 e. The smallest absolute Gasteiger partial charge is 0.276 e. The first-order valence-corrected chi connectivity index (χ1v) is 10.7. The van der Waals surface area contributed by atoms with Crippen LogP contribution in [-0.2, 0) is 24.1 Å². The number of unbranched alkanes of at least 4 members (excludes halogenated alkanes) is 1. The van der Waals surface area contributed by atoms with Gasteiger partial charge >= 0.3 is 0 Å². The van der Waals surface area contributed by atoms with E-state index < -0.39 is 29.0 Å². The van der Waals surface area contributed by atoms with Gasteiger partial charge in [0.1, 0.15) is 11.6 Å². The normalized spacial score (nSPS) is 20.1. The molecule has 1 amide bonds. The molecule has 2 aliphatic rings. The van der Waals surface area contributed by atoms with Crippen LogP contribution in [0, 0.1) is 11.6 Å². The topological polar surface area (TPSA) is 71.8 Å². The summed E-state index contributed by atoms with van der Waals surface area (Å²) in [6, 6.07) is 3.37. The summed E-state index contributed by atoms with van der Waals surface area (Å²) >= 11 is 0. The summed E-state index contributed by atoms with van der Waals surface area (Å²) in [5, 5.41) is 10.5. The molecule has 166 valence electrons. The predicted octanol–water partition coefficient (Wildman–Crippen LogP) is 3.38. The molecule has 3 heterocycles. The maximum atomic E-state index is 13.8. The van der Waals surface area contributed by atoms with Crippen molar-refractivity contribution in [2.24, 2.45) is 0 Å². The number of pyridine rings is 1. The number of nitrogens with zero attached hydrogens (tertiary/aromatic N) is 2. The number of amides is 1. The molecular formula is C23H26F2N2O4. The highest BCUT2D eigenvalue weighted by Gasteiger charge is 2.43. The summed E-state index contributed by atoms with van der Waals surface area (Å²) in [4.78, 5) is 27.4. The Morgan fingerprint density at radius 3 is 2.68 bits per heavy atom. The fourth-order valence-electron chi connectivity index (χ4n) is 4.45. The van der Waals surface area contributed by atoms with Gasteiger partial charge in [0, 0.05) is 17.8 Å². The SMILES string of the molecule is CCCC[C@H]1CO[C@@H]2Cn3cc(CCCc4ccc(F)cc4F)c(=O)c(O)c3C(=O)N12. The predicted molar refractivity (Wildman–Crippen MR) is 110 cm³/mol. The van der Waals surface area contributed by atoms with Crippen molar-refractivity contribution in [3.63, 3.8) is 0 Å². The van der Waals surface area contributed by atoms with E-state index in [0.717, 1.165) is 25.3 Å². The molecule has 4 rings (SSSR count). The maximum absolute atomic E-state index is 13.8. The maximum Gasteiger partial charge on any atom is 0.276 e. The molecule has 0 saturated carbocycles. The van der Waals surface area contributed by atoms with Crippen molar-refractivity contribution in [1.82, 2.24) is 9.47 Å². The standard InChI is InChI=1S/C23H26F2N2O4/c1-2-3-7-17-13-31-19-12-26-11-15(21(28)22(29)20(26)23(30)27(17)19)6-4-5-14-8-9-16(24)10-18(14)25/h8-11,17,19,29H,2-7,12-13H2,1H3/t17-,19+/m0/s1. The minimum absolute atomic E-state index is 0.00146. The number of hydrogen-bond acceptors (Lipinski definition) is 4. The van der Waals surface area contributed by atoms with Gasteiger partial charge in [-0.25, -0.2) is 8.78 Å². The lowest BCUT2D eigenvalue weighted by molar-refractivity contribution is 0.00548. The first kappa shape index (κ1) is 21.5. The van der Waals surface area contributed by atoms with Crippen molar-refractivity contribution >= 4 is 5.91 Å². The molecule has 6 nitrogen and oxygen atoms in total. The average Bonchev–Trinajstić information content (AvgIpc) is 3.14. The summed E-state index contributed by atoms with van der Waals surface area (Å²) in [6.45, 7) is 2.88. The quantitative estimate of drug-likeness (QED) is 0.728. The number of halogens is 2. The number of ether oxygens (including phenoxy) is 1. The Kier molecular flexibility index (Phi) is 6.09. The Bertz CT molecular complexity index is 1050. The second-order valence-electron chi connectivity index (χ2n) is 8.22. The molecule has 0 unspecified atom stereocenters. The Morgan fingerprint density at radius 2 is 1.94 bits per heavy atom. The van der Waals surface area contributed by atoms with E-state index >= 15 is 0 Å². The summed E-state index contributed by atoms with van der Waals surface area (Å²) < 4.78 is 34.3. The summed E-state index contributed by atoms with van der Waals surface area (Å²) in [5.74, 6) is -2.19. The fourth-order valence-corrected chi connectivity index (χ4v) is 4.45. The molecule has 0 radical (unpaired) electrons. The molecule has 1 fully saturated rings. The van der Waals surface area contributed by atoms with Crippen LogP contribution in [0.2, 0.25) is 0 Å². The molecule has 1 saturated heterocycles. The Balaban J connectivity index is 1.53. The van der Waals surface area contributed by atoms with Crippen LogP contribution >= 0.6 is 0 Å². The molecule has 0 bridgehead atoms. The number of carbonyl (C=O) groups excluding carboxylic acids is 1. The summed E-state index contributed by atoms with van der Waals surface area (Å²) in [7, 11) is 0. The molecule has 1 aromatic carbocycles. The van der Waals surface area contributed by atoms with Crippen LogP contribution < -0.4 is 5.43 Å². The van der Waals surface area contributed by atoms with Gasteiger partial charge in [0.15, 0.2) is 17.7 Å². The number of hydrogen-bond donors (Lipinski definition) is 1. The molecule has 0 spiro atoms. The number of fused-ring (bicyclic) bond motifs is 2. The van der Waals surface area contributed by atoms with E-state index in [1.165, 1.54) is 12.1 Å². The van der Waals surface area contributed by atoms with E-state index in [1.807, 2.05) is 0 Å². The zero-order valence-corrected chi connectivity index (χ0v) is 17.4. The van der Waals surface area contributed by atoms with Crippen molar-refractivity contribution in [3.05, 3.63) is 63.1 Å². The minimum Gasteiger partial charge on any atom is -0.503 e. The zero-order valence-electron chi connectivity index (χ0n) is 17.4. The average molecular weight is 432 g/mol. The van der Waals surface area contributed by atoms with Gasteiger partial charge in [-0.1, -0.05) is 25.8 Å². The van der Waals surface area contributed by atoms with Crippen molar-refractivity contribution in [2.75, 3.05) is 6.61 Å². The molecule has 31 heavy (non-hydrogen) atoms. The van der Waals surface area contributed by atoms with Crippen LogP contribution in [-0.4, -0.2) is 39.4 Å². The highest BCUT2D eigenvalue weighted by molar-refractivity contribution is 5.96. The number of aryl methyl sites for hydroxylation is 2. The van der Waals surface area contributed by atoms with Crippen LogP contribution in [0.1, 0.15) is 54.2 Å². The lowest BCUT2D eigenvalue weighted by atomic mass is 10.0. The number of carbonyl (C=O) groups is 1. The molecular weight excluding hydrogens is 406 g/mol. The van der Waals surface area contributed by atoms with Gasteiger partial charge in [0.2, 0.25) is 5.43 Å². The van der Waals surface area contributed by atoms with Gasteiger partial charge in [0.25, 0.3) is 5.91 Å². The zero-order chi connectivity index (χ0) is 22.1. The van der Waals surface area contributed by atoms with Crippen molar-refractivity contribution in [3.8, 4) is 5.75 Å². The molecule has 2 atom stereocenters. The number of aromatic nitrogens is 1. The van der Waals surface area contributed by atoms with E-state index in [-0.39, 0.29) is 17.6 Å². The molecule has 1 N–H and O–H groups in total. The third-order valence-corrected chi connectivity index (χ3v) is 6.10. The van der Waals surface area contributed by atoms with Gasteiger partial charge in [-0.2, -0.15) is 0 Å². The second kappa shape index (κ2) is 8.78. The second-order valence-corrected chi connectivity index (χ2v) is 8.22. The number of benzene rings is 1. The Labute approximate surface area is 179 Å². The Hall–Kier alpha value is -2.74. The van der Waals surface area contributed by atoms with E-state index in [9.17, 15) is 23.5 Å². The van der Waals surface area contributed by atoms with E-state index in [2.05, 4.69) is 6.92 Å². The van der Waals surface area contributed by atoms with Crippen LogP contribution in [0.3, 0.4) is 0 Å². The van der Waals surface area contributed by atoms with Gasteiger partial charge in [0.05, 0.1) is 19.2 Å². The molecule has 8 heteroatoms. The summed E-state index contributed by atoms with van der Waals surface area (Å²) in [5.41, 5.74) is 0.141. The Morgan fingerprint density at radius 1 is 1.16 bits per heavy atom. The number of aromatic hydroxyl groups is 1. The van der Waals surface area contributed by atoms with Crippen molar-refractivity contribution < 1.29 is 23.4 Å². The molecule has 1 aromatic heterocycles. The minimum atomic E-state index is -0.635. The van der Waals surface area contributed by atoms with Gasteiger partial charge < -0.3 is 19.3 Å². The molecule has 2 aromatic rings. The van der Waals surface area contributed by atoms with Crippen LogP contribution in [0.5, 0.6) is 5.75 Å². The number of rotatable bonds is 7. The van der Waals surface area contributed by atoms with Crippen LogP contribution in [0.4, 0.5) is 8.78 Å². The molecule has 0 aliphatic carbocycles. The van der Waals surface area contributed by atoms with Gasteiger partial charge in [-0.05, 0) is 37.3 Å². The van der Waals surface area contributed by atoms with Crippen molar-refractivity contribution in [1.29, 1.82) is 0 Å². The molecule has 2 aliphatic heterocycles. The van der Waals surface area contributed by atoms with Gasteiger partial charge in [-0.15, -0.1) is 0 Å². The van der Waals surface area contributed by atoms with Crippen LogP contribution in [0.25, 0.3) is 0 Å². The highest BCUT2D eigenvalue weighted by atomic mass is 19.1. The highest BCUT2D eigenvalue weighted by Crippen LogP contribution is 2.31. The fraction of sp³-hybridized carbons (Fsp3) is 0.478. The lowest BCUT2D eigenvalue weighted by Crippen LogP contribution is -2.49. The van der Waals surface area contributed by atoms with E-state index in [4.69, 9.17) is 4.74 Å². The third kappa shape index (κ3) is 4.08. The monoisotopic (exact) mass is 432 g/mol. The summed E-state index contributed by atoms with van der Waals surface area (Å²) in [6.07, 6.45) is 5.04. The third-order valence-electron chi connectivity index (χ3n) is 6.10. The van der Waals surface area contributed by atoms with Crippen molar-refractivity contribution in [2.45, 2.75) is 64.3 Å². The van der Waals surface area contributed by atoms with E-state index in [1.54, 1.807) is 15.7 Å². The van der Waals surface area contributed by atoms with Crippen LogP contribution in [0.15, 0.2) is 29.2 Å². The first-order valence-electron chi connectivity index (χ1n) is 10.7.